The molecule has 1 rings (SSSR count). The van der Waals surface area contributed by atoms with E-state index < -0.39 is 0 Å². The van der Waals surface area contributed by atoms with E-state index in [1.54, 1.807) is 4.57 Å². The van der Waals surface area contributed by atoms with Crippen molar-refractivity contribution in [2.24, 2.45) is 5.41 Å². The van der Waals surface area contributed by atoms with E-state index in [-0.39, 0.29) is 11.0 Å². The van der Waals surface area contributed by atoms with Crippen LogP contribution in [0.15, 0.2) is 23.4 Å². The second-order valence-corrected chi connectivity index (χ2v) is 4.21. The Bertz CT molecular complexity index is 414. The highest BCUT2D eigenvalue weighted by molar-refractivity contribution is 4.91. The summed E-state index contributed by atoms with van der Waals surface area (Å²) in [6.45, 7) is 4.43. The van der Waals surface area contributed by atoms with Crippen LogP contribution < -0.4 is 5.56 Å². The maximum Gasteiger partial charge on any atom is 0.253 e. The molecule has 0 radical (unpaired) electrons. The molecular formula is C11H15N3O. The lowest BCUT2D eigenvalue weighted by Gasteiger charge is -2.14. The first-order valence-corrected chi connectivity index (χ1v) is 4.97. The van der Waals surface area contributed by atoms with Crippen LogP contribution in [0, 0.1) is 16.7 Å². The molecule has 0 bridgehead atoms. The second-order valence-electron chi connectivity index (χ2n) is 4.21. The Morgan fingerprint density at radius 1 is 1.60 bits per heavy atom. The zero-order valence-corrected chi connectivity index (χ0v) is 9.10. The van der Waals surface area contributed by atoms with Crippen LogP contribution in [-0.2, 0) is 6.54 Å². The Balaban J connectivity index is 2.50. The van der Waals surface area contributed by atoms with Gasteiger partial charge in [0.1, 0.15) is 0 Å². The van der Waals surface area contributed by atoms with Gasteiger partial charge in [-0.05, 0) is 26.7 Å². The number of aromatic nitrogens is 2. The standard InChI is InChI=1S/C11H15N3O/c1-11(2,8-12)5-3-7-14-9-13-6-4-10(14)15/h4,6,9H,3,5,7H2,1-2H3. The summed E-state index contributed by atoms with van der Waals surface area (Å²) in [6, 6.07) is 3.68. The molecule has 0 spiro atoms. The van der Waals surface area contributed by atoms with Crippen LogP contribution in [0.5, 0.6) is 0 Å². The summed E-state index contributed by atoms with van der Waals surface area (Å²) in [5.74, 6) is 0. The topological polar surface area (TPSA) is 58.7 Å². The Labute approximate surface area is 89.2 Å². The molecule has 4 nitrogen and oxygen atoms in total. The average molecular weight is 205 g/mol. The highest BCUT2D eigenvalue weighted by atomic mass is 16.1. The predicted octanol–water partition coefficient (Wildman–Crippen LogP) is 1.57. The minimum Gasteiger partial charge on any atom is -0.299 e. The van der Waals surface area contributed by atoms with Crippen LogP contribution in [-0.4, -0.2) is 9.55 Å². The van der Waals surface area contributed by atoms with Crippen molar-refractivity contribution in [2.75, 3.05) is 0 Å². The van der Waals surface area contributed by atoms with Crippen LogP contribution in [0.3, 0.4) is 0 Å². The second kappa shape index (κ2) is 4.74. The van der Waals surface area contributed by atoms with Crippen LogP contribution in [0.1, 0.15) is 26.7 Å². The number of aryl methyl sites for hydroxylation is 1. The lowest BCUT2D eigenvalue weighted by molar-refractivity contribution is 0.412. The van der Waals surface area contributed by atoms with E-state index in [1.165, 1.54) is 18.6 Å². The van der Waals surface area contributed by atoms with Crippen molar-refractivity contribution in [3.05, 3.63) is 28.9 Å². The van der Waals surface area contributed by atoms with E-state index in [4.69, 9.17) is 5.26 Å². The molecule has 0 aliphatic rings. The smallest absolute Gasteiger partial charge is 0.253 e. The monoisotopic (exact) mass is 205 g/mol. The minimum absolute atomic E-state index is 0.0419. The number of hydrogen-bond donors (Lipinski definition) is 0. The summed E-state index contributed by atoms with van der Waals surface area (Å²) in [4.78, 5) is 15.2. The minimum atomic E-state index is -0.314. The van der Waals surface area contributed by atoms with Gasteiger partial charge in [-0.15, -0.1) is 0 Å². The van der Waals surface area contributed by atoms with E-state index in [0.717, 1.165) is 12.8 Å². The number of hydrogen-bond acceptors (Lipinski definition) is 3. The molecule has 1 aromatic rings. The molecule has 15 heavy (non-hydrogen) atoms. The maximum absolute atomic E-state index is 11.3. The third-order valence-corrected chi connectivity index (χ3v) is 2.30. The molecule has 0 amide bonds. The van der Waals surface area contributed by atoms with Gasteiger partial charge < -0.3 is 0 Å². The molecule has 80 valence electrons. The number of nitriles is 1. The molecule has 0 saturated heterocycles. The summed E-state index contributed by atoms with van der Waals surface area (Å²) < 4.78 is 1.56. The summed E-state index contributed by atoms with van der Waals surface area (Å²) in [5, 5.41) is 8.81. The van der Waals surface area contributed by atoms with Gasteiger partial charge in [-0.1, -0.05) is 0 Å². The predicted molar refractivity (Wildman–Crippen MR) is 57.1 cm³/mol. The highest BCUT2D eigenvalue weighted by Gasteiger charge is 2.15. The van der Waals surface area contributed by atoms with Gasteiger partial charge in [-0.25, -0.2) is 4.98 Å². The summed E-state index contributed by atoms with van der Waals surface area (Å²) in [5.41, 5.74) is -0.356. The van der Waals surface area contributed by atoms with Crippen molar-refractivity contribution in [2.45, 2.75) is 33.2 Å². The van der Waals surface area contributed by atoms with Gasteiger partial charge in [0.25, 0.3) is 5.56 Å². The Morgan fingerprint density at radius 3 is 2.93 bits per heavy atom. The molecule has 0 aliphatic carbocycles. The molecule has 0 aliphatic heterocycles. The third kappa shape index (κ3) is 3.55. The molecular weight excluding hydrogens is 190 g/mol. The van der Waals surface area contributed by atoms with Gasteiger partial charge >= 0.3 is 0 Å². The summed E-state index contributed by atoms with van der Waals surface area (Å²) in [6.07, 6.45) is 4.61. The van der Waals surface area contributed by atoms with Gasteiger partial charge in [0.2, 0.25) is 0 Å². The maximum atomic E-state index is 11.3. The van der Waals surface area contributed by atoms with Gasteiger partial charge in [-0.2, -0.15) is 5.26 Å². The zero-order chi connectivity index (χ0) is 11.3. The van der Waals surface area contributed by atoms with Crippen molar-refractivity contribution in [3.8, 4) is 6.07 Å². The Morgan fingerprint density at radius 2 is 2.33 bits per heavy atom. The molecule has 0 aromatic carbocycles. The molecule has 0 atom stereocenters. The van der Waals surface area contributed by atoms with Gasteiger partial charge in [0, 0.05) is 18.8 Å². The fourth-order valence-electron chi connectivity index (χ4n) is 1.29. The van der Waals surface area contributed by atoms with Crippen molar-refractivity contribution in [1.82, 2.24) is 9.55 Å². The number of nitrogens with zero attached hydrogens (tertiary/aromatic N) is 3. The number of rotatable bonds is 4. The van der Waals surface area contributed by atoms with Crippen molar-refractivity contribution in [3.63, 3.8) is 0 Å². The molecule has 1 aromatic heterocycles. The summed E-state index contributed by atoms with van der Waals surface area (Å²) >= 11 is 0. The van der Waals surface area contributed by atoms with Crippen molar-refractivity contribution >= 4 is 0 Å². The lowest BCUT2D eigenvalue weighted by atomic mass is 9.90. The SMILES string of the molecule is CC(C)(C#N)CCCn1cnccc1=O. The van der Waals surface area contributed by atoms with E-state index >= 15 is 0 Å². The Kier molecular flexibility index (Phi) is 3.62. The first kappa shape index (κ1) is 11.4. The molecule has 0 fully saturated rings. The van der Waals surface area contributed by atoms with Gasteiger partial charge in [0.15, 0.2) is 0 Å². The molecule has 0 N–H and O–H groups in total. The van der Waals surface area contributed by atoms with Crippen LogP contribution in [0.2, 0.25) is 0 Å². The molecule has 4 heteroatoms. The fourth-order valence-corrected chi connectivity index (χ4v) is 1.29. The normalized spacial score (nSPS) is 11.0. The fraction of sp³-hybridized carbons (Fsp3) is 0.545. The third-order valence-electron chi connectivity index (χ3n) is 2.30. The van der Waals surface area contributed by atoms with Crippen molar-refractivity contribution in [1.29, 1.82) is 5.26 Å². The first-order chi connectivity index (χ1) is 7.05. The van der Waals surface area contributed by atoms with Crippen LogP contribution in [0.4, 0.5) is 0 Å². The molecule has 1 heterocycles. The molecule has 0 unspecified atom stereocenters. The Hall–Kier alpha value is -1.63. The van der Waals surface area contributed by atoms with Gasteiger partial charge in [-0.3, -0.25) is 9.36 Å². The average Bonchev–Trinajstić information content (AvgIpc) is 2.21. The zero-order valence-electron chi connectivity index (χ0n) is 9.10. The van der Waals surface area contributed by atoms with Crippen LogP contribution in [0.25, 0.3) is 0 Å². The summed E-state index contributed by atoms with van der Waals surface area (Å²) in [7, 11) is 0. The largest absolute Gasteiger partial charge is 0.299 e. The van der Waals surface area contributed by atoms with E-state index in [2.05, 4.69) is 11.1 Å². The lowest BCUT2D eigenvalue weighted by Crippen LogP contribution is -2.20. The van der Waals surface area contributed by atoms with Crippen molar-refractivity contribution < 1.29 is 0 Å². The van der Waals surface area contributed by atoms with E-state index in [0.29, 0.717) is 6.54 Å². The highest BCUT2D eigenvalue weighted by Crippen LogP contribution is 2.20. The van der Waals surface area contributed by atoms with Gasteiger partial charge in [0.05, 0.1) is 17.8 Å². The van der Waals surface area contributed by atoms with E-state index in [1.807, 2.05) is 13.8 Å². The first-order valence-electron chi connectivity index (χ1n) is 4.97. The van der Waals surface area contributed by atoms with E-state index in [9.17, 15) is 4.79 Å². The molecule has 0 saturated carbocycles. The van der Waals surface area contributed by atoms with Crippen LogP contribution >= 0.6 is 0 Å². The quantitative estimate of drug-likeness (QED) is 0.749.